The Bertz CT molecular complexity index is 718. The number of nitro groups is 1. The first-order valence-electron chi connectivity index (χ1n) is 8.36. The Labute approximate surface area is 157 Å². The highest BCUT2D eigenvalue weighted by Gasteiger charge is 2.55. The van der Waals surface area contributed by atoms with E-state index in [1.54, 1.807) is 0 Å². The Morgan fingerprint density at radius 3 is 2.52 bits per heavy atom. The van der Waals surface area contributed by atoms with E-state index >= 15 is 0 Å². The second-order valence-electron chi connectivity index (χ2n) is 6.59. The first-order valence-corrected chi connectivity index (χ1v) is 10.2. The normalized spacial score (nSPS) is 21.5. The zero-order valence-electron chi connectivity index (χ0n) is 15.2. The van der Waals surface area contributed by atoms with Gasteiger partial charge in [0.15, 0.2) is 0 Å². The van der Waals surface area contributed by atoms with Crippen LogP contribution in [0, 0.1) is 29.9 Å². The van der Waals surface area contributed by atoms with Gasteiger partial charge < -0.3 is 0 Å². The molecule has 0 aliphatic carbocycles. The highest BCUT2D eigenvalue weighted by Crippen LogP contribution is 2.48. The molecule has 2 rings (SSSR count). The maximum Gasteiger partial charge on any atom is 0.224 e. The van der Waals surface area contributed by atoms with Gasteiger partial charge in [0.1, 0.15) is 9.91 Å². The van der Waals surface area contributed by atoms with E-state index < -0.39 is 11.5 Å². The lowest BCUT2D eigenvalue weighted by Gasteiger charge is -2.34. The molecule has 0 saturated heterocycles. The van der Waals surface area contributed by atoms with Gasteiger partial charge in [0.05, 0.1) is 5.92 Å². The Morgan fingerprint density at radius 2 is 2.00 bits per heavy atom. The van der Waals surface area contributed by atoms with Gasteiger partial charge >= 0.3 is 0 Å². The zero-order valence-corrected chi connectivity index (χ0v) is 16.9. The summed E-state index contributed by atoms with van der Waals surface area (Å²) >= 11 is 2.66. The molecule has 0 unspecified atom stereocenters. The third-order valence-corrected chi connectivity index (χ3v) is 6.74. The average Bonchev–Trinajstić information content (AvgIpc) is 2.85. The molecule has 5 nitrogen and oxygen atoms in total. The highest BCUT2D eigenvalue weighted by molar-refractivity contribution is 8.45. The number of nitrogens with zero attached hydrogens (tertiary/aromatic N) is 2. The molecule has 1 aromatic rings. The Hall–Kier alpha value is -1.34. The third-order valence-electron chi connectivity index (χ3n) is 4.73. The van der Waals surface area contributed by atoms with Crippen molar-refractivity contribution in [2.45, 2.75) is 46.1 Å². The number of hydrogen-bond acceptors (Lipinski definition) is 6. The summed E-state index contributed by atoms with van der Waals surface area (Å²) in [5.74, 6) is 0.113. The van der Waals surface area contributed by atoms with Crippen LogP contribution in [-0.2, 0) is 4.79 Å². The quantitative estimate of drug-likeness (QED) is 0.539. The maximum absolute atomic E-state index is 13.0. The number of thioether (sulfide) groups is 2. The monoisotopic (exact) mass is 380 g/mol. The third kappa shape index (κ3) is 3.92. The zero-order chi connectivity index (χ0) is 18.8. The molecular formula is C18H24N2O3S2. The number of benzene rings is 1. The van der Waals surface area contributed by atoms with Gasteiger partial charge in [-0.1, -0.05) is 50.7 Å². The molecule has 0 amide bonds. The first-order chi connectivity index (χ1) is 11.7. The predicted molar refractivity (Wildman–Crippen MR) is 106 cm³/mol. The summed E-state index contributed by atoms with van der Waals surface area (Å²) in [4.78, 5) is 28.8. The second-order valence-corrected chi connectivity index (χ2v) is 9.06. The standard InChI is InChI=1S/C18H24N2O3S2/c1-6-24-17-19-18(11(2)3,16(21)25-17)15(10-20(22)23)14-8-7-12(4)13(5)9-14/h7-9,11,15H,6,10H2,1-5H3/t15-,18+/m1/s1. The van der Waals surface area contributed by atoms with Gasteiger partial charge in [0.2, 0.25) is 11.7 Å². The van der Waals surface area contributed by atoms with Gasteiger partial charge in [-0.2, -0.15) is 0 Å². The van der Waals surface area contributed by atoms with Crippen molar-refractivity contribution in [3.8, 4) is 0 Å². The summed E-state index contributed by atoms with van der Waals surface area (Å²) < 4.78 is 0.721. The predicted octanol–water partition coefficient (Wildman–Crippen LogP) is 4.44. The lowest BCUT2D eigenvalue weighted by atomic mass is 9.73. The molecule has 0 fully saturated rings. The smallest absolute Gasteiger partial charge is 0.224 e. The van der Waals surface area contributed by atoms with E-state index in [0.29, 0.717) is 0 Å². The summed E-state index contributed by atoms with van der Waals surface area (Å²) in [6.07, 6.45) is 0. The van der Waals surface area contributed by atoms with Crippen molar-refractivity contribution in [2.75, 3.05) is 12.3 Å². The van der Waals surface area contributed by atoms with Crippen molar-refractivity contribution in [3.05, 3.63) is 45.0 Å². The van der Waals surface area contributed by atoms with Crippen molar-refractivity contribution in [3.63, 3.8) is 0 Å². The lowest BCUT2D eigenvalue weighted by molar-refractivity contribution is -0.484. The Morgan fingerprint density at radius 1 is 1.32 bits per heavy atom. The molecule has 25 heavy (non-hydrogen) atoms. The van der Waals surface area contributed by atoms with Gasteiger partial charge in [-0.05, 0) is 54.0 Å². The van der Waals surface area contributed by atoms with E-state index in [9.17, 15) is 14.9 Å². The highest BCUT2D eigenvalue weighted by atomic mass is 32.2. The fraction of sp³-hybridized carbons (Fsp3) is 0.556. The van der Waals surface area contributed by atoms with Crippen LogP contribution in [-0.4, -0.2) is 32.3 Å². The molecule has 0 radical (unpaired) electrons. The fourth-order valence-corrected chi connectivity index (χ4v) is 5.40. The molecule has 0 aromatic heterocycles. The minimum atomic E-state index is -1.09. The van der Waals surface area contributed by atoms with Gasteiger partial charge in [-0.3, -0.25) is 19.9 Å². The van der Waals surface area contributed by atoms with E-state index in [2.05, 4.69) is 0 Å². The van der Waals surface area contributed by atoms with E-state index in [0.717, 1.165) is 38.6 Å². The van der Waals surface area contributed by atoms with Crippen LogP contribution < -0.4 is 0 Å². The van der Waals surface area contributed by atoms with Crippen molar-refractivity contribution < 1.29 is 9.72 Å². The number of aliphatic imine (C=N–C) groups is 1. The van der Waals surface area contributed by atoms with Gasteiger partial charge in [0.25, 0.3) is 0 Å². The van der Waals surface area contributed by atoms with Crippen LogP contribution in [0.2, 0.25) is 0 Å². The molecule has 136 valence electrons. The molecule has 0 bridgehead atoms. The largest absolute Gasteiger partial charge is 0.284 e. The molecule has 1 aliphatic heterocycles. The second kappa shape index (κ2) is 7.91. The summed E-state index contributed by atoms with van der Waals surface area (Å²) in [6.45, 7) is 9.54. The van der Waals surface area contributed by atoms with Crippen molar-refractivity contribution >= 4 is 33.0 Å². The fourth-order valence-electron chi connectivity index (χ4n) is 3.18. The van der Waals surface area contributed by atoms with Crippen LogP contribution in [0.25, 0.3) is 0 Å². The molecule has 0 spiro atoms. The van der Waals surface area contributed by atoms with Crippen LogP contribution in [0.1, 0.15) is 43.4 Å². The van der Waals surface area contributed by atoms with Gasteiger partial charge in [-0.25, -0.2) is 0 Å². The van der Waals surface area contributed by atoms with Crippen LogP contribution in [0.4, 0.5) is 0 Å². The van der Waals surface area contributed by atoms with Gasteiger partial charge in [0, 0.05) is 4.92 Å². The number of carbonyl (C=O) groups is 1. The number of hydrogen-bond donors (Lipinski definition) is 0. The van der Waals surface area contributed by atoms with Crippen molar-refractivity contribution in [1.82, 2.24) is 0 Å². The molecule has 2 atom stereocenters. The average molecular weight is 381 g/mol. The minimum Gasteiger partial charge on any atom is -0.284 e. The van der Waals surface area contributed by atoms with Gasteiger partial charge in [-0.15, -0.1) is 0 Å². The van der Waals surface area contributed by atoms with Crippen LogP contribution in [0.3, 0.4) is 0 Å². The molecule has 1 aromatic carbocycles. The van der Waals surface area contributed by atoms with E-state index in [-0.39, 0.29) is 22.5 Å². The van der Waals surface area contributed by atoms with E-state index in [1.807, 2.05) is 52.8 Å². The van der Waals surface area contributed by atoms with Crippen molar-refractivity contribution in [1.29, 1.82) is 0 Å². The molecule has 1 aliphatic rings. The summed E-state index contributed by atoms with van der Waals surface area (Å²) in [5, 5.41) is 11.3. The molecule has 0 N–H and O–H groups in total. The molecular weight excluding hydrogens is 356 g/mol. The lowest BCUT2D eigenvalue weighted by Crippen LogP contribution is -2.46. The molecule has 7 heteroatoms. The SMILES string of the molecule is CCSC1=N[C@@](C(C)C)([C@H](C[N+](=O)[O-])c2ccc(C)c(C)c2)C(=O)S1. The Balaban J connectivity index is 2.61. The van der Waals surface area contributed by atoms with Crippen LogP contribution in [0.15, 0.2) is 23.2 Å². The number of aryl methyl sites for hydroxylation is 2. The van der Waals surface area contributed by atoms with E-state index in [1.165, 1.54) is 11.8 Å². The Kier molecular flexibility index (Phi) is 6.32. The molecule has 1 heterocycles. The minimum absolute atomic E-state index is 0.0801. The van der Waals surface area contributed by atoms with Crippen LogP contribution in [0.5, 0.6) is 0 Å². The summed E-state index contributed by atoms with van der Waals surface area (Å²) in [7, 11) is 0. The summed E-state index contributed by atoms with van der Waals surface area (Å²) in [6, 6.07) is 5.83. The van der Waals surface area contributed by atoms with Crippen molar-refractivity contribution in [2.24, 2.45) is 10.9 Å². The maximum atomic E-state index is 13.0. The van der Waals surface area contributed by atoms with Crippen LogP contribution >= 0.6 is 23.5 Å². The summed E-state index contributed by atoms with van der Waals surface area (Å²) in [5.41, 5.74) is 1.92. The van der Waals surface area contributed by atoms with E-state index in [4.69, 9.17) is 4.99 Å². The number of carbonyl (C=O) groups excluding carboxylic acids is 1. The number of rotatable bonds is 6. The topological polar surface area (TPSA) is 72.6 Å². The molecule has 0 saturated carbocycles. The first kappa shape index (κ1) is 20.0.